The maximum absolute atomic E-state index is 13.6. The van der Waals surface area contributed by atoms with E-state index in [1.165, 1.54) is 0 Å². The van der Waals surface area contributed by atoms with E-state index in [1.54, 1.807) is 17.6 Å². The van der Waals surface area contributed by atoms with Gasteiger partial charge >= 0.3 is 11.9 Å². The van der Waals surface area contributed by atoms with Crippen LogP contribution < -0.4 is 5.56 Å². The van der Waals surface area contributed by atoms with Crippen molar-refractivity contribution in [3.63, 3.8) is 0 Å². The highest BCUT2D eigenvalue weighted by molar-refractivity contribution is 5.86. The molecule has 5 heterocycles. The Hall–Kier alpha value is -3.76. The van der Waals surface area contributed by atoms with Gasteiger partial charge in [0.15, 0.2) is 0 Å². The van der Waals surface area contributed by atoms with Gasteiger partial charge < -0.3 is 39.2 Å². The molecule has 14 heteroatoms. The summed E-state index contributed by atoms with van der Waals surface area (Å²) in [5.41, 5.74) is 0.713. The quantitative estimate of drug-likeness (QED) is 0.0899. The fourth-order valence-corrected chi connectivity index (χ4v) is 5.76. The van der Waals surface area contributed by atoms with Crippen molar-refractivity contribution in [1.29, 1.82) is 0 Å². The molecule has 0 amide bonds. The van der Waals surface area contributed by atoms with Gasteiger partial charge in [0, 0.05) is 16.5 Å². The molecule has 43 heavy (non-hydrogen) atoms. The van der Waals surface area contributed by atoms with Crippen molar-refractivity contribution in [2.45, 2.75) is 62.6 Å². The number of aromatic nitrogens is 2. The molecular formula is C29H30N2O12. The summed E-state index contributed by atoms with van der Waals surface area (Å²) in [4.78, 5) is 54.6. The highest BCUT2D eigenvalue weighted by atomic mass is 17.2. The number of hydrogen-bond donors (Lipinski definition) is 4. The smallest absolute Gasteiger partial charge is 0.348 e. The second kappa shape index (κ2) is 11.1. The number of aliphatic hydroxyl groups is 4. The van der Waals surface area contributed by atoms with E-state index in [0.29, 0.717) is 11.4 Å². The number of fused-ring (bicyclic) bond motifs is 5. The maximum atomic E-state index is 13.6. The van der Waals surface area contributed by atoms with Crippen molar-refractivity contribution < 1.29 is 54.0 Å². The molecule has 1 saturated heterocycles. The van der Waals surface area contributed by atoms with Gasteiger partial charge in [-0.1, -0.05) is 25.1 Å². The molecule has 4 N–H and O–H groups in total. The van der Waals surface area contributed by atoms with E-state index in [2.05, 4.69) is 0 Å². The molecule has 228 valence electrons. The predicted molar refractivity (Wildman–Crippen MR) is 144 cm³/mol. The van der Waals surface area contributed by atoms with Crippen LogP contribution in [-0.2, 0) is 52.3 Å². The number of carbonyl (C=O) groups is 2. The molecule has 0 unspecified atom stereocenters. The van der Waals surface area contributed by atoms with Crippen LogP contribution in [0.1, 0.15) is 36.5 Å². The zero-order valence-corrected chi connectivity index (χ0v) is 23.1. The predicted octanol–water partition coefficient (Wildman–Crippen LogP) is -0.230. The summed E-state index contributed by atoms with van der Waals surface area (Å²) in [5.74, 6) is -4.36. The molecule has 0 bridgehead atoms. The highest BCUT2D eigenvalue weighted by Gasteiger charge is 2.53. The highest BCUT2D eigenvalue weighted by Crippen LogP contribution is 2.41. The first-order chi connectivity index (χ1) is 20.6. The summed E-state index contributed by atoms with van der Waals surface area (Å²) in [6.07, 6.45) is -5.27. The molecule has 2 aromatic heterocycles. The van der Waals surface area contributed by atoms with E-state index in [-0.39, 0.29) is 42.9 Å². The van der Waals surface area contributed by atoms with Gasteiger partial charge in [0.1, 0.15) is 24.9 Å². The van der Waals surface area contributed by atoms with Gasteiger partial charge in [0.2, 0.25) is 11.4 Å². The molecule has 1 aromatic carbocycles. The zero-order valence-electron chi connectivity index (χ0n) is 23.1. The third-order valence-corrected chi connectivity index (χ3v) is 8.18. The number of pyridine rings is 2. The molecule has 0 aliphatic carbocycles. The molecule has 5 atom stereocenters. The standard InChI is InChI=1S/C29H30N2O12/c1-2-28(43-42-23(34)7-8-41-29(38)22(12-32)39-14-21(33)25(29)35)18-10-20-24-16(9-15-5-3-4-6-19(15)30-24)11-31(20)26(36)17(18)13-40-27(28)37/h3-6,9-10,21-22,25,32-33,35,38H,2,7-8,11-14H2,1H3/t21-,22+,25+,28-,29+/m0/s1. The summed E-state index contributed by atoms with van der Waals surface area (Å²) in [5, 5.41) is 41.1. The van der Waals surface area contributed by atoms with Gasteiger partial charge in [0.05, 0.1) is 55.3 Å². The Labute approximate surface area is 243 Å². The largest absolute Gasteiger partial charge is 0.458 e. The molecular weight excluding hydrogens is 568 g/mol. The number of para-hydroxylation sites is 1. The van der Waals surface area contributed by atoms with Gasteiger partial charge in [0.25, 0.3) is 5.56 Å². The van der Waals surface area contributed by atoms with E-state index >= 15 is 0 Å². The SMILES string of the molecule is CC[C@@]1(OOC(=O)CCO[C@@]2(O)[C@H](O)[C@@H](O)CO[C@@H]2CO)C(=O)OCc2c1cc1n(c2=O)Cc2cc3ccccc3nc2-1. The Morgan fingerprint density at radius 1 is 1.21 bits per heavy atom. The summed E-state index contributed by atoms with van der Waals surface area (Å²) in [7, 11) is 0. The molecule has 3 aliphatic rings. The molecule has 0 radical (unpaired) electrons. The summed E-state index contributed by atoms with van der Waals surface area (Å²) < 4.78 is 17.2. The van der Waals surface area contributed by atoms with Crippen molar-refractivity contribution >= 4 is 22.8 Å². The second-order valence-corrected chi connectivity index (χ2v) is 10.7. The number of esters is 1. The Balaban J connectivity index is 1.23. The molecule has 0 saturated carbocycles. The van der Waals surface area contributed by atoms with Crippen molar-refractivity contribution in [3.05, 3.63) is 63.4 Å². The molecule has 1 fully saturated rings. The number of carbonyl (C=O) groups excluding carboxylic acids is 2. The minimum absolute atomic E-state index is 0.0527. The van der Waals surface area contributed by atoms with E-state index in [9.17, 15) is 34.8 Å². The van der Waals surface area contributed by atoms with Crippen LogP contribution in [0.3, 0.4) is 0 Å². The first-order valence-electron chi connectivity index (χ1n) is 13.8. The lowest BCUT2D eigenvalue weighted by molar-refractivity contribution is -0.356. The normalized spacial score (nSPS) is 27.7. The number of hydrogen-bond acceptors (Lipinski definition) is 13. The lowest BCUT2D eigenvalue weighted by Gasteiger charge is -2.43. The molecule has 6 rings (SSSR count). The lowest BCUT2D eigenvalue weighted by Crippen LogP contribution is -2.65. The van der Waals surface area contributed by atoms with E-state index in [1.807, 2.05) is 30.3 Å². The van der Waals surface area contributed by atoms with Crippen LogP contribution in [0, 0.1) is 0 Å². The van der Waals surface area contributed by atoms with Gasteiger partial charge in [-0.05, 0) is 24.6 Å². The minimum Gasteiger partial charge on any atom is -0.458 e. The van der Waals surface area contributed by atoms with Crippen LogP contribution in [-0.4, -0.2) is 85.8 Å². The Bertz CT molecular complexity index is 1650. The first kappa shape index (κ1) is 29.3. The Morgan fingerprint density at radius 2 is 2.00 bits per heavy atom. The van der Waals surface area contributed by atoms with Crippen LogP contribution in [0.25, 0.3) is 22.3 Å². The zero-order chi connectivity index (χ0) is 30.5. The second-order valence-electron chi connectivity index (χ2n) is 10.7. The molecule has 3 aromatic rings. The fourth-order valence-electron chi connectivity index (χ4n) is 5.76. The van der Waals surface area contributed by atoms with Gasteiger partial charge in [-0.2, -0.15) is 4.89 Å². The van der Waals surface area contributed by atoms with Crippen LogP contribution >= 0.6 is 0 Å². The van der Waals surface area contributed by atoms with Crippen molar-refractivity contribution in [2.24, 2.45) is 0 Å². The van der Waals surface area contributed by atoms with Crippen molar-refractivity contribution in [3.8, 4) is 11.4 Å². The van der Waals surface area contributed by atoms with E-state index in [0.717, 1.165) is 16.5 Å². The number of cyclic esters (lactones) is 1. The van der Waals surface area contributed by atoms with Crippen LogP contribution in [0.5, 0.6) is 0 Å². The summed E-state index contributed by atoms with van der Waals surface area (Å²) in [6, 6.07) is 11.2. The average molecular weight is 599 g/mol. The molecule has 0 spiro atoms. The fraction of sp³-hybridized carbons (Fsp3) is 0.448. The minimum atomic E-state index is -2.50. The Morgan fingerprint density at radius 3 is 2.77 bits per heavy atom. The van der Waals surface area contributed by atoms with Crippen molar-refractivity contribution in [1.82, 2.24) is 9.55 Å². The number of nitrogens with zero attached hydrogens (tertiary/aromatic N) is 2. The maximum Gasteiger partial charge on any atom is 0.348 e. The third kappa shape index (κ3) is 4.71. The summed E-state index contributed by atoms with van der Waals surface area (Å²) in [6.45, 7) is 0.0143. The lowest BCUT2D eigenvalue weighted by atomic mass is 9.86. The van der Waals surface area contributed by atoms with Crippen LogP contribution in [0.15, 0.2) is 41.2 Å². The van der Waals surface area contributed by atoms with Gasteiger partial charge in [-0.3, -0.25) is 9.68 Å². The monoisotopic (exact) mass is 598 g/mol. The van der Waals surface area contributed by atoms with Crippen LogP contribution in [0.2, 0.25) is 0 Å². The third-order valence-electron chi connectivity index (χ3n) is 8.18. The van der Waals surface area contributed by atoms with E-state index < -0.39 is 61.3 Å². The number of ether oxygens (including phenoxy) is 3. The Kier molecular flexibility index (Phi) is 7.54. The van der Waals surface area contributed by atoms with Crippen LogP contribution in [0.4, 0.5) is 0 Å². The summed E-state index contributed by atoms with van der Waals surface area (Å²) >= 11 is 0. The van der Waals surface area contributed by atoms with Crippen molar-refractivity contribution in [2.75, 3.05) is 19.8 Å². The van der Waals surface area contributed by atoms with Gasteiger partial charge in [-0.15, -0.1) is 0 Å². The van der Waals surface area contributed by atoms with Gasteiger partial charge in [-0.25, -0.2) is 14.6 Å². The topological polar surface area (TPSA) is 196 Å². The molecule has 14 nitrogen and oxygen atoms in total. The van der Waals surface area contributed by atoms with E-state index in [4.69, 9.17) is 29.0 Å². The number of aliphatic hydroxyl groups excluding tert-OH is 3. The average Bonchev–Trinajstić information content (AvgIpc) is 3.36. The number of rotatable bonds is 8. The number of benzene rings is 1. The molecule has 3 aliphatic heterocycles. The first-order valence-corrected chi connectivity index (χ1v) is 13.8.